The lowest BCUT2D eigenvalue weighted by Gasteiger charge is -2.25. The van der Waals surface area contributed by atoms with Crippen LogP contribution in [0.15, 0.2) is 70.1 Å². The Morgan fingerprint density at radius 1 is 1.18 bits per heavy atom. The predicted molar refractivity (Wildman–Crippen MR) is 147 cm³/mol. The van der Waals surface area contributed by atoms with E-state index in [1.807, 2.05) is 19.1 Å². The van der Waals surface area contributed by atoms with Crippen molar-refractivity contribution in [2.75, 3.05) is 20.3 Å². The molecule has 198 valence electrons. The largest absolute Gasteiger partial charge is 0.508 e. The van der Waals surface area contributed by atoms with Crippen LogP contribution in [0.4, 0.5) is 0 Å². The Balaban J connectivity index is 1.94. The number of phenolic OH excluding ortho intramolecular Hbond substituents is 1. The van der Waals surface area contributed by atoms with Gasteiger partial charge in [-0.25, -0.2) is 9.79 Å². The van der Waals surface area contributed by atoms with Gasteiger partial charge in [0.25, 0.3) is 5.56 Å². The number of nitrogens with zero attached hydrogens (tertiary/aromatic N) is 2. The van der Waals surface area contributed by atoms with Gasteiger partial charge >= 0.3 is 5.97 Å². The summed E-state index contributed by atoms with van der Waals surface area (Å²) in [5.74, 6) is 0.688. The van der Waals surface area contributed by atoms with E-state index in [9.17, 15) is 14.7 Å². The number of thiazole rings is 1. The SMILES string of the molecule is C=CCc1cc(/C=c2/sc3n(c2=O)[C@@H](c2ccc(OC)c(OCC)c2)C(C(=O)OCC)=C(C)N=3)ccc1O. The molecule has 9 heteroatoms. The Kier molecular flexibility index (Phi) is 8.16. The molecule has 1 aromatic heterocycles. The molecule has 38 heavy (non-hydrogen) atoms. The number of benzene rings is 2. The minimum atomic E-state index is -0.770. The van der Waals surface area contributed by atoms with Gasteiger partial charge in [-0.05, 0) is 74.2 Å². The second kappa shape index (κ2) is 11.5. The first-order valence-electron chi connectivity index (χ1n) is 12.3. The number of methoxy groups -OCH3 is 1. The maximum atomic E-state index is 13.8. The van der Waals surface area contributed by atoms with Crippen molar-refractivity contribution in [1.82, 2.24) is 4.57 Å². The van der Waals surface area contributed by atoms with E-state index in [4.69, 9.17) is 14.2 Å². The molecule has 0 fully saturated rings. The third kappa shape index (κ3) is 5.15. The molecule has 3 aromatic rings. The summed E-state index contributed by atoms with van der Waals surface area (Å²) in [7, 11) is 1.55. The number of aromatic nitrogens is 1. The Bertz CT molecular complexity index is 1600. The first kappa shape index (κ1) is 26.9. The molecule has 2 heterocycles. The van der Waals surface area contributed by atoms with Crippen LogP contribution in [0.1, 0.15) is 43.5 Å². The van der Waals surface area contributed by atoms with Crippen molar-refractivity contribution >= 4 is 23.4 Å². The van der Waals surface area contributed by atoms with Crippen LogP contribution in [0.25, 0.3) is 6.08 Å². The van der Waals surface area contributed by atoms with Gasteiger partial charge in [0.2, 0.25) is 0 Å². The van der Waals surface area contributed by atoms with E-state index in [2.05, 4.69) is 11.6 Å². The number of hydrogen-bond donors (Lipinski definition) is 1. The monoisotopic (exact) mass is 534 g/mol. The van der Waals surface area contributed by atoms with Gasteiger partial charge in [-0.1, -0.05) is 29.5 Å². The van der Waals surface area contributed by atoms with Crippen LogP contribution in [0.3, 0.4) is 0 Å². The van der Waals surface area contributed by atoms with E-state index in [0.29, 0.717) is 50.7 Å². The number of carbonyl (C=O) groups is 1. The summed E-state index contributed by atoms with van der Waals surface area (Å²) in [5.41, 5.74) is 2.61. The minimum absolute atomic E-state index is 0.169. The van der Waals surface area contributed by atoms with Gasteiger partial charge in [-0.3, -0.25) is 9.36 Å². The predicted octanol–water partition coefficient (Wildman–Crippen LogP) is 3.64. The molecule has 0 saturated carbocycles. The third-order valence-corrected chi connectivity index (χ3v) is 7.07. The smallest absolute Gasteiger partial charge is 0.338 e. The first-order valence-corrected chi connectivity index (χ1v) is 13.1. The number of rotatable bonds is 9. The molecular formula is C29H30N2O6S. The van der Waals surface area contributed by atoms with Gasteiger partial charge in [-0.2, -0.15) is 0 Å². The second-order valence-electron chi connectivity index (χ2n) is 8.53. The number of hydrogen-bond acceptors (Lipinski definition) is 8. The van der Waals surface area contributed by atoms with Crippen LogP contribution in [-0.4, -0.2) is 36.0 Å². The molecule has 0 aliphatic carbocycles. The highest BCUT2D eigenvalue weighted by atomic mass is 32.1. The van der Waals surface area contributed by atoms with Crippen LogP contribution >= 0.6 is 11.3 Å². The van der Waals surface area contributed by atoms with Gasteiger partial charge in [0.15, 0.2) is 16.3 Å². The quantitative estimate of drug-likeness (QED) is 0.333. The standard InChI is InChI=1S/C29H30N2O6S/c1-6-9-19-14-18(10-12-21(19)32)15-24-27(33)31-26(20-11-13-22(35-5)23(16-20)36-7-2)25(28(34)37-8-3)17(4)30-29(31)38-24/h6,10-16,26,32H,1,7-9H2,2-5H3/b24-15+/t26-/m0/s1. The van der Waals surface area contributed by atoms with Gasteiger partial charge in [0.05, 0.1) is 42.2 Å². The summed E-state index contributed by atoms with van der Waals surface area (Å²) < 4.78 is 18.5. The van der Waals surface area contributed by atoms with Gasteiger partial charge in [0, 0.05) is 0 Å². The molecule has 1 N–H and O–H groups in total. The average molecular weight is 535 g/mol. The zero-order valence-corrected chi connectivity index (χ0v) is 22.6. The maximum absolute atomic E-state index is 13.8. The first-order chi connectivity index (χ1) is 18.3. The van der Waals surface area contributed by atoms with E-state index in [0.717, 1.165) is 5.56 Å². The molecule has 0 unspecified atom stereocenters. The number of esters is 1. The normalized spacial score (nSPS) is 15.1. The molecule has 0 amide bonds. The zero-order valence-electron chi connectivity index (χ0n) is 21.8. The lowest BCUT2D eigenvalue weighted by atomic mass is 9.95. The molecule has 0 bridgehead atoms. The maximum Gasteiger partial charge on any atom is 0.338 e. The molecule has 2 aromatic carbocycles. The average Bonchev–Trinajstić information content (AvgIpc) is 3.19. The van der Waals surface area contributed by atoms with E-state index in [1.165, 1.54) is 15.9 Å². The molecule has 0 radical (unpaired) electrons. The summed E-state index contributed by atoms with van der Waals surface area (Å²) in [6.45, 7) is 9.68. The van der Waals surface area contributed by atoms with E-state index in [1.54, 1.807) is 57.4 Å². The van der Waals surface area contributed by atoms with E-state index in [-0.39, 0.29) is 23.5 Å². The lowest BCUT2D eigenvalue weighted by Crippen LogP contribution is -2.40. The number of aromatic hydroxyl groups is 1. The van der Waals surface area contributed by atoms with Gasteiger partial charge in [0.1, 0.15) is 5.75 Å². The highest BCUT2D eigenvalue weighted by Gasteiger charge is 2.34. The molecule has 8 nitrogen and oxygen atoms in total. The Labute approximate surface area is 224 Å². The Hall–Kier alpha value is -4.11. The Morgan fingerprint density at radius 3 is 2.66 bits per heavy atom. The number of allylic oxidation sites excluding steroid dienone is 2. The fourth-order valence-corrected chi connectivity index (χ4v) is 5.45. The number of ether oxygens (including phenoxy) is 3. The molecule has 1 atom stereocenters. The fourth-order valence-electron chi connectivity index (χ4n) is 4.40. The fraction of sp³-hybridized carbons (Fsp3) is 0.276. The highest BCUT2D eigenvalue weighted by molar-refractivity contribution is 7.07. The molecular weight excluding hydrogens is 504 g/mol. The summed E-state index contributed by atoms with van der Waals surface area (Å²) >= 11 is 1.23. The van der Waals surface area contributed by atoms with Crippen LogP contribution in [0.2, 0.25) is 0 Å². The van der Waals surface area contributed by atoms with Crippen molar-refractivity contribution in [3.63, 3.8) is 0 Å². The van der Waals surface area contributed by atoms with Crippen molar-refractivity contribution in [1.29, 1.82) is 0 Å². The summed E-state index contributed by atoms with van der Waals surface area (Å²) in [6.07, 6.45) is 3.96. The molecule has 0 saturated heterocycles. The highest BCUT2D eigenvalue weighted by Crippen LogP contribution is 2.36. The van der Waals surface area contributed by atoms with Gasteiger partial charge in [-0.15, -0.1) is 6.58 Å². The number of carbonyl (C=O) groups excluding carboxylic acids is 1. The zero-order chi connectivity index (χ0) is 27.4. The minimum Gasteiger partial charge on any atom is -0.508 e. The summed E-state index contributed by atoms with van der Waals surface area (Å²) in [5, 5.41) is 10.1. The number of fused-ring (bicyclic) bond motifs is 1. The van der Waals surface area contributed by atoms with Crippen molar-refractivity contribution in [3.8, 4) is 17.2 Å². The van der Waals surface area contributed by atoms with Gasteiger partial charge < -0.3 is 19.3 Å². The van der Waals surface area contributed by atoms with Crippen LogP contribution in [-0.2, 0) is 16.0 Å². The van der Waals surface area contributed by atoms with Crippen LogP contribution < -0.4 is 24.4 Å². The molecule has 1 aliphatic rings. The van der Waals surface area contributed by atoms with Crippen molar-refractivity contribution in [2.45, 2.75) is 33.2 Å². The Morgan fingerprint density at radius 2 is 1.97 bits per heavy atom. The molecule has 1 aliphatic heterocycles. The molecule has 4 rings (SSSR count). The third-order valence-electron chi connectivity index (χ3n) is 6.09. The summed E-state index contributed by atoms with van der Waals surface area (Å²) in [6, 6.07) is 9.73. The second-order valence-corrected chi connectivity index (χ2v) is 9.54. The topological polar surface area (TPSA) is 99.4 Å². The van der Waals surface area contributed by atoms with Crippen molar-refractivity contribution < 1.29 is 24.1 Å². The van der Waals surface area contributed by atoms with Crippen molar-refractivity contribution in [2.24, 2.45) is 4.99 Å². The summed E-state index contributed by atoms with van der Waals surface area (Å²) in [4.78, 5) is 32.0. The van der Waals surface area contributed by atoms with E-state index >= 15 is 0 Å². The van der Waals surface area contributed by atoms with Crippen molar-refractivity contribution in [3.05, 3.63) is 96.7 Å². The van der Waals surface area contributed by atoms with Crippen LogP contribution in [0.5, 0.6) is 17.2 Å². The van der Waals surface area contributed by atoms with Crippen LogP contribution in [0, 0.1) is 0 Å². The number of phenols is 1. The van der Waals surface area contributed by atoms with E-state index < -0.39 is 12.0 Å². The lowest BCUT2D eigenvalue weighted by molar-refractivity contribution is -0.139. The molecule has 0 spiro atoms.